The minimum atomic E-state index is -3.58. The number of carbonyl (C=O) groups excluding carboxylic acids is 2. The van der Waals surface area contributed by atoms with Crippen LogP contribution in [0.15, 0.2) is 59.5 Å². The molecule has 1 fully saturated rings. The maximum absolute atomic E-state index is 13.0. The number of nitrogens with one attached hydrogen (secondary N) is 2. The lowest BCUT2D eigenvalue weighted by molar-refractivity contribution is -0.144. The van der Waals surface area contributed by atoms with Gasteiger partial charge in [0.05, 0.1) is 17.9 Å². The molecule has 0 bridgehead atoms. The van der Waals surface area contributed by atoms with Crippen LogP contribution >= 0.6 is 12.2 Å². The van der Waals surface area contributed by atoms with E-state index in [0.29, 0.717) is 12.1 Å². The molecule has 3 rings (SSSR count). The Hall–Kier alpha value is -2.82. The zero-order valence-electron chi connectivity index (χ0n) is 20.4. The number of sulfonamides is 1. The maximum Gasteiger partial charge on any atom is 0.306 e. The van der Waals surface area contributed by atoms with Crippen molar-refractivity contribution < 1.29 is 22.7 Å². The summed E-state index contributed by atoms with van der Waals surface area (Å²) in [6.07, 6.45) is 5.52. The number of rotatable bonds is 10. The standard InChI is InChI=1S/C26H33N3O5S2/c1-29(22-10-6-3-7-11-22)36(32,33)23-14-12-21(13-15-23)27-26(35)28-24(30)16-17-25(31)34-19-18-20-8-4-2-5-9-20/h2,4-5,8-9,12-15,22H,3,6-7,10-11,16-19H2,1H3,(H2,27,28,30,35). The number of anilines is 1. The normalized spacial score (nSPS) is 14.3. The molecule has 1 aliphatic rings. The fourth-order valence-electron chi connectivity index (χ4n) is 4.08. The Bertz CT molecular complexity index is 1130. The molecule has 36 heavy (non-hydrogen) atoms. The third-order valence-electron chi connectivity index (χ3n) is 6.18. The zero-order chi connectivity index (χ0) is 26.0. The summed E-state index contributed by atoms with van der Waals surface area (Å²) in [5, 5.41) is 5.44. The van der Waals surface area contributed by atoms with Crippen molar-refractivity contribution in [2.45, 2.75) is 62.3 Å². The summed E-state index contributed by atoms with van der Waals surface area (Å²) in [6, 6.07) is 16.0. The summed E-state index contributed by atoms with van der Waals surface area (Å²) in [7, 11) is -1.94. The van der Waals surface area contributed by atoms with Gasteiger partial charge in [0.2, 0.25) is 15.9 Å². The molecule has 0 atom stereocenters. The van der Waals surface area contributed by atoms with Crippen LogP contribution in [0.5, 0.6) is 0 Å². The van der Waals surface area contributed by atoms with E-state index in [2.05, 4.69) is 10.6 Å². The van der Waals surface area contributed by atoms with Crippen LogP contribution in [0.25, 0.3) is 0 Å². The molecular formula is C26H33N3O5S2. The fourth-order valence-corrected chi connectivity index (χ4v) is 5.73. The molecule has 0 spiro atoms. The average molecular weight is 532 g/mol. The Balaban J connectivity index is 1.40. The Morgan fingerprint density at radius 1 is 1.00 bits per heavy atom. The van der Waals surface area contributed by atoms with E-state index in [9.17, 15) is 18.0 Å². The van der Waals surface area contributed by atoms with Gasteiger partial charge < -0.3 is 15.4 Å². The van der Waals surface area contributed by atoms with Crippen LogP contribution in [0.1, 0.15) is 50.5 Å². The summed E-state index contributed by atoms with van der Waals surface area (Å²) in [4.78, 5) is 24.2. The molecule has 8 nitrogen and oxygen atoms in total. The molecule has 10 heteroatoms. The predicted molar refractivity (Wildman–Crippen MR) is 143 cm³/mol. The molecule has 1 saturated carbocycles. The van der Waals surface area contributed by atoms with Gasteiger partial charge in [-0.2, -0.15) is 4.31 Å². The number of esters is 1. The number of nitrogens with zero attached hydrogens (tertiary/aromatic N) is 1. The summed E-state index contributed by atoms with van der Waals surface area (Å²) in [5.74, 6) is -0.865. The molecule has 1 aliphatic carbocycles. The lowest BCUT2D eigenvalue weighted by Gasteiger charge is -2.30. The first-order chi connectivity index (χ1) is 17.3. The van der Waals surface area contributed by atoms with Crippen molar-refractivity contribution in [1.82, 2.24) is 9.62 Å². The molecule has 0 heterocycles. The highest BCUT2D eigenvalue weighted by molar-refractivity contribution is 7.89. The first kappa shape index (κ1) is 27.8. The largest absolute Gasteiger partial charge is 0.465 e. The number of thiocarbonyl (C=S) groups is 1. The third kappa shape index (κ3) is 8.39. The highest BCUT2D eigenvalue weighted by atomic mass is 32.2. The summed E-state index contributed by atoms with van der Waals surface area (Å²) in [6.45, 7) is 0.257. The van der Waals surface area contributed by atoms with Gasteiger partial charge in [-0.15, -0.1) is 0 Å². The van der Waals surface area contributed by atoms with Crippen molar-refractivity contribution in [3.8, 4) is 0 Å². The Kier molecular flexibility index (Phi) is 10.4. The van der Waals surface area contributed by atoms with Gasteiger partial charge in [-0.1, -0.05) is 49.6 Å². The molecular weight excluding hydrogens is 498 g/mol. The molecule has 1 amide bonds. The number of carbonyl (C=O) groups is 2. The molecule has 0 unspecified atom stereocenters. The monoisotopic (exact) mass is 531 g/mol. The van der Waals surface area contributed by atoms with Gasteiger partial charge in [-0.05, 0) is 54.9 Å². The quantitative estimate of drug-likeness (QED) is 0.352. The van der Waals surface area contributed by atoms with Gasteiger partial charge in [0.15, 0.2) is 5.11 Å². The molecule has 2 aromatic rings. The van der Waals surface area contributed by atoms with E-state index < -0.39 is 21.9 Å². The molecule has 0 aliphatic heterocycles. The lowest BCUT2D eigenvalue weighted by Crippen LogP contribution is -2.38. The highest BCUT2D eigenvalue weighted by Crippen LogP contribution is 2.27. The van der Waals surface area contributed by atoms with Crippen LogP contribution in [0.3, 0.4) is 0 Å². The van der Waals surface area contributed by atoms with E-state index in [1.807, 2.05) is 30.3 Å². The first-order valence-corrected chi connectivity index (χ1v) is 14.0. The maximum atomic E-state index is 13.0. The van der Waals surface area contributed by atoms with Gasteiger partial charge in [-0.25, -0.2) is 8.42 Å². The number of benzene rings is 2. The Morgan fingerprint density at radius 3 is 2.33 bits per heavy atom. The van der Waals surface area contributed by atoms with E-state index >= 15 is 0 Å². The second-order valence-electron chi connectivity index (χ2n) is 8.80. The minimum absolute atomic E-state index is 0.0329. The molecule has 0 saturated heterocycles. The number of hydrogen-bond acceptors (Lipinski definition) is 6. The molecule has 0 aromatic heterocycles. The van der Waals surface area contributed by atoms with Crippen molar-refractivity contribution in [1.29, 1.82) is 0 Å². The second-order valence-corrected chi connectivity index (χ2v) is 11.2. The first-order valence-electron chi connectivity index (χ1n) is 12.1. The SMILES string of the molecule is CN(C1CCCCC1)S(=O)(=O)c1ccc(NC(=S)NC(=O)CCC(=O)OCCc2ccccc2)cc1. The highest BCUT2D eigenvalue weighted by Gasteiger charge is 2.28. The van der Waals surface area contributed by atoms with Gasteiger partial charge in [-0.3, -0.25) is 9.59 Å². The van der Waals surface area contributed by atoms with Crippen molar-refractivity contribution in [3.05, 3.63) is 60.2 Å². The topological polar surface area (TPSA) is 105 Å². The fraction of sp³-hybridized carbons (Fsp3) is 0.423. The predicted octanol–water partition coefficient (Wildman–Crippen LogP) is 4.02. The smallest absolute Gasteiger partial charge is 0.306 e. The lowest BCUT2D eigenvalue weighted by atomic mass is 9.96. The number of ether oxygens (including phenoxy) is 1. The van der Waals surface area contributed by atoms with Crippen molar-refractivity contribution in [3.63, 3.8) is 0 Å². The van der Waals surface area contributed by atoms with Crippen LogP contribution in [0.2, 0.25) is 0 Å². The van der Waals surface area contributed by atoms with Crippen molar-refractivity contribution >= 4 is 44.9 Å². The third-order valence-corrected chi connectivity index (χ3v) is 8.31. The van der Waals surface area contributed by atoms with Gasteiger partial charge in [0.25, 0.3) is 0 Å². The average Bonchev–Trinajstić information content (AvgIpc) is 2.88. The van der Waals surface area contributed by atoms with Crippen molar-refractivity contribution in [2.75, 3.05) is 19.0 Å². The van der Waals surface area contributed by atoms with Crippen LogP contribution in [0, 0.1) is 0 Å². The van der Waals surface area contributed by atoms with E-state index in [-0.39, 0.29) is 35.5 Å². The van der Waals surface area contributed by atoms with Gasteiger partial charge >= 0.3 is 5.97 Å². The molecule has 2 aromatic carbocycles. The van der Waals surface area contributed by atoms with Crippen LogP contribution in [-0.4, -0.2) is 49.4 Å². The summed E-state index contributed by atoms with van der Waals surface area (Å²) >= 11 is 5.16. The number of amides is 1. The summed E-state index contributed by atoms with van der Waals surface area (Å²) in [5.41, 5.74) is 1.61. The van der Waals surface area contributed by atoms with Crippen LogP contribution < -0.4 is 10.6 Å². The van der Waals surface area contributed by atoms with Crippen molar-refractivity contribution in [2.24, 2.45) is 0 Å². The Labute approximate surface area is 218 Å². The van der Waals surface area contributed by atoms with Crippen LogP contribution in [-0.2, 0) is 30.8 Å². The number of hydrogen-bond donors (Lipinski definition) is 2. The van der Waals surface area contributed by atoms with Gasteiger partial charge in [0.1, 0.15) is 0 Å². The Morgan fingerprint density at radius 2 is 1.67 bits per heavy atom. The molecule has 2 N–H and O–H groups in total. The molecule has 194 valence electrons. The van der Waals surface area contributed by atoms with E-state index in [0.717, 1.165) is 37.7 Å². The summed E-state index contributed by atoms with van der Waals surface area (Å²) < 4.78 is 32.6. The van der Waals surface area contributed by atoms with E-state index in [4.69, 9.17) is 17.0 Å². The second kappa shape index (κ2) is 13.5. The van der Waals surface area contributed by atoms with E-state index in [1.165, 1.54) is 16.4 Å². The minimum Gasteiger partial charge on any atom is -0.465 e. The van der Waals surface area contributed by atoms with Crippen LogP contribution in [0.4, 0.5) is 5.69 Å². The van der Waals surface area contributed by atoms with Gasteiger partial charge in [0, 0.05) is 31.6 Å². The molecule has 0 radical (unpaired) electrons. The zero-order valence-corrected chi connectivity index (χ0v) is 22.1. The van der Waals surface area contributed by atoms with E-state index in [1.54, 1.807) is 19.2 Å².